The van der Waals surface area contributed by atoms with E-state index in [1.54, 1.807) is 0 Å². The number of carbonyl (C=O) groups excluding carboxylic acids is 3. The zero-order valence-electron chi connectivity index (χ0n) is 12.7. The Morgan fingerprint density at radius 1 is 1.12 bits per heavy atom. The summed E-state index contributed by atoms with van der Waals surface area (Å²) in [4.78, 5) is 37.2. The summed E-state index contributed by atoms with van der Waals surface area (Å²) >= 11 is 0. The highest BCUT2D eigenvalue weighted by Crippen LogP contribution is 2.30. The molecular formula is C12H18N4O7S. The van der Waals surface area contributed by atoms with E-state index >= 15 is 0 Å². The summed E-state index contributed by atoms with van der Waals surface area (Å²) in [6.07, 6.45) is 3.18. The van der Waals surface area contributed by atoms with Gasteiger partial charge < -0.3 is 4.90 Å². The van der Waals surface area contributed by atoms with Crippen molar-refractivity contribution in [2.45, 2.75) is 44.2 Å². The van der Waals surface area contributed by atoms with Gasteiger partial charge in [-0.3, -0.25) is 25.0 Å². The predicted octanol–water partition coefficient (Wildman–Crippen LogP) is -1.06. The van der Waals surface area contributed by atoms with E-state index in [1.165, 1.54) is 0 Å². The number of amides is 4. The molecule has 1 aliphatic carbocycles. The van der Waals surface area contributed by atoms with Crippen LogP contribution in [0.2, 0.25) is 0 Å². The van der Waals surface area contributed by atoms with Crippen LogP contribution in [0.25, 0.3) is 0 Å². The Kier molecular flexibility index (Phi) is 4.36. The fourth-order valence-corrected chi connectivity index (χ4v) is 3.47. The molecule has 11 nitrogen and oxygen atoms in total. The highest BCUT2D eigenvalue weighted by atomic mass is 32.3. The number of carbonyl (C=O) groups is 3. The summed E-state index contributed by atoms with van der Waals surface area (Å²) in [5.41, 5.74) is 4.66. The molecular weight excluding hydrogens is 344 g/mol. The van der Waals surface area contributed by atoms with E-state index < -0.39 is 34.4 Å². The maximum Gasteiger partial charge on any atom is 0.418 e. The maximum atomic E-state index is 12.2. The third-order valence-electron chi connectivity index (χ3n) is 4.58. The summed E-state index contributed by atoms with van der Waals surface area (Å²) in [5.74, 6) is -0.899. The molecule has 24 heavy (non-hydrogen) atoms. The molecule has 3 rings (SSSR count). The number of hydrogen-bond donors (Lipinski definition) is 3. The van der Waals surface area contributed by atoms with Gasteiger partial charge in [-0.05, 0) is 25.7 Å². The Bertz CT molecular complexity index is 662. The van der Waals surface area contributed by atoms with Gasteiger partial charge >= 0.3 is 16.4 Å². The summed E-state index contributed by atoms with van der Waals surface area (Å²) in [6.45, 7) is 0.100. The van der Waals surface area contributed by atoms with Crippen molar-refractivity contribution in [3.8, 4) is 0 Å². The highest BCUT2D eigenvalue weighted by molar-refractivity contribution is 7.80. The standard InChI is InChI=1S/C12H18N4O7S/c17-10(7-2-1-3-7)13-14-11(18)9-5-4-8-6-15(9)12(19)16(8)23-24(20,21)22/h7-9H,1-6H2,(H,13,17)(H,14,18)(H,20,21,22)/t8?,9-/m0/s1. The Hall–Kier alpha value is -1.92. The van der Waals surface area contributed by atoms with E-state index in [2.05, 4.69) is 15.1 Å². The van der Waals surface area contributed by atoms with E-state index in [-0.39, 0.29) is 24.8 Å². The number of rotatable bonds is 4. The van der Waals surface area contributed by atoms with Crippen LogP contribution in [-0.4, -0.2) is 59.4 Å². The molecule has 134 valence electrons. The molecule has 0 aromatic carbocycles. The van der Waals surface area contributed by atoms with Crippen LogP contribution >= 0.6 is 0 Å². The van der Waals surface area contributed by atoms with Gasteiger partial charge in [-0.1, -0.05) is 6.42 Å². The van der Waals surface area contributed by atoms with Gasteiger partial charge in [0.1, 0.15) is 6.04 Å². The van der Waals surface area contributed by atoms with Crippen LogP contribution in [0.1, 0.15) is 32.1 Å². The Labute approximate surface area is 138 Å². The second-order valence-corrected chi connectivity index (χ2v) is 7.12. The van der Waals surface area contributed by atoms with E-state index in [4.69, 9.17) is 4.55 Å². The van der Waals surface area contributed by atoms with Crippen LogP contribution < -0.4 is 10.9 Å². The molecule has 1 saturated carbocycles. The molecule has 4 amide bonds. The fraction of sp³-hybridized carbons (Fsp3) is 0.750. The Morgan fingerprint density at radius 2 is 1.79 bits per heavy atom. The molecule has 1 unspecified atom stereocenters. The van der Waals surface area contributed by atoms with Crippen LogP contribution in [0.5, 0.6) is 0 Å². The van der Waals surface area contributed by atoms with Crippen molar-refractivity contribution < 1.29 is 31.6 Å². The van der Waals surface area contributed by atoms with Crippen LogP contribution in [0.3, 0.4) is 0 Å². The van der Waals surface area contributed by atoms with E-state index in [0.29, 0.717) is 11.5 Å². The molecule has 0 radical (unpaired) electrons. The summed E-state index contributed by atoms with van der Waals surface area (Å²) in [6, 6.07) is -2.22. The van der Waals surface area contributed by atoms with Gasteiger partial charge in [-0.2, -0.15) is 13.5 Å². The number of nitrogens with zero attached hydrogens (tertiary/aromatic N) is 2. The second kappa shape index (κ2) is 6.18. The monoisotopic (exact) mass is 362 g/mol. The zero-order chi connectivity index (χ0) is 17.5. The van der Waals surface area contributed by atoms with Gasteiger partial charge in [0.2, 0.25) is 5.91 Å². The first kappa shape index (κ1) is 16.9. The summed E-state index contributed by atoms with van der Waals surface area (Å²) in [7, 11) is -4.82. The van der Waals surface area contributed by atoms with Crippen molar-refractivity contribution in [2.75, 3.05) is 6.54 Å². The van der Waals surface area contributed by atoms with Gasteiger partial charge in [0.25, 0.3) is 5.91 Å². The van der Waals surface area contributed by atoms with Crippen molar-refractivity contribution in [3.05, 3.63) is 0 Å². The van der Waals surface area contributed by atoms with Crippen molar-refractivity contribution in [1.82, 2.24) is 20.8 Å². The molecule has 0 aromatic heterocycles. The third-order valence-corrected chi connectivity index (χ3v) is 4.93. The Morgan fingerprint density at radius 3 is 2.38 bits per heavy atom. The molecule has 3 aliphatic rings. The van der Waals surface area contributed by atoms with Gasteiger partial charge in [-0.25, -0.2) is 4.79 Å². The minimum Gasteiger partial charge on any atom is -0.309 e. The number of nitrogens with one attached hydrogen (secondary N) is 2. The third kappa shape index (κ3) is 3.30. The molecule has 0 aromatic rings. The number of hydrazine groups is 1. The van der Waals surface area contributed by atoms with E-state index in [1.807, 2.05) is 0 Å². The SMILES string of the molecule is O=C(NNC(=O)[C@@H]1CCC2CN1C(=O)N2OS(=O)(=O)O)C1CCC1. The van der Waals surface area contributed by atoms with Crippen molar-refractivity contribution in [2.24, 2.45) is 5.92 Å². The van der Waals surface area contributed by atoms with Gasteiger partial charge in [0.05, 0.1) is 6.04 Å². The first-order chi connectivity index (χ1) is 11.3. The number of piperidine rings is 1. The number of hydrogen-bond acceptors (Lipinski definition) is 6. The maximum absolute atomic E-state index is 12.2. The largest absolute Gasteiger partial charge is 0.418 e. The smallest absolute Gasteiger partial charge is 0.309 e. The van der Waals surface area contributed by atoms with Crippen molar-refractivity contribution in [3.63, 3.8) is 0 Å². The second-order valence-electron chi connectivity index (χ2n) is 6.12. The van der Waals surface area contributed by atoms with Crippen LogP contribution in [0, 0.1) is 5.92 Å². The fourth-order valence-electron chi connectivity index (χ4n) is 3.08. The molecule has 2 saturated heterocycles. The molecule has 12 heteroatoms. The number of urea groups is 1. The van der Waals surface area contributed by atoms with Crippen LogP contribution in [-0.2, 0) is 24.3 Å². The molecule has 3 N–H and O–H groups in total. The van der Waals surface area contributed by atoms with Gasteiger partial charge in [0, 0.05) is 12.5 Å². The average molecular weight is 362 g/mol. The van der Waals surface area contributed by atoms with Crippen LogP contribution in [0.4, 0.5) is 4.79 Å². The molecule has 0 spiro atoms. The lowest BCUT2D eigenvalue weighted by Crippen LogP contribution is -2.55. The molecule has 2 bridgehead atoms. The molecule has 3 fully saturated rings. The minimum absolute atomic E-state index is 0.0897. The van der Waals surface area contributed by atoms with Crippen LogP contribution in [0.15, 0.2) is 0 Å². The first-order valence-corrected chi connectivity index (χ1v) is 8.99. The molecule has 2 atom stereocenters. The van der Waals surface area contributed by atoms with E-state index in [9.17, 15) is 22.8 Å². The summed E-state index contributed by atoms with van der Waals surface area (Å²) < 4.78 is 34.6. The molecule has 2 aliphatic heterocycles. The number of fused-ring (bicyclic) bond motifs is 2. The van der Waals surface area contributed by atoms with Crippen molar-refractivity contribution in [1.29, 1.82) is 0 Å². The predicted molar refractivity (Wildman–Crippen MR) is 77.0 cm³/mol. The summed E-state index contributed by atoms with van der Waals surface area (Å²) in [5, 5.41) is 0.565. The van der Waals surface area contributed by atoms with Gasteiger partial charge in [0.15, 0.2) is 0 Å². The van der Waals surface area contributed by atoms with E-state index in [0.717, 1.165) is 24.2 Å². The quantitative estimate of drug-likeness (QED) is 0.427. The highest BCUT2D eigenvalue weighted by Gasteiger charge is 2.49. The lowest BCUT2D eigenvalue weighted by atomic mass is 9.85. The topological polar surface area (TPSA) is 145 Å². The number of hydroxylamine groups is 2. The normalized spacial score (nSPS) is 27.0. The van der Waals surface area contributed by atoms with Crippen molar-refractivity contribution >= 4 is 28.2 Å². The zero-order valence-corrected chi connectivity index (χ0v) is 13.5. The lowest BCUT2D eigenvalue weighted by molar-refractivity contribution is -0.134. The molecule has 2 heterocycles. The average Bonchev–Trinajstić information content (AvgIpc) is 2.67. The Balaban J connectivity index is 1.58. The first-order valence-electron chi connectivity index (χ1n) is 7.63. The van der Waals surface area contributed by atoms with Gasteiger partial charge in [-0.15, -0.1) is 4.28 Å². The lowest BCUT2D eigenvalue weighted by Gasteiger charge is -2.30. The minimum atomic E-state index is -4.82.